The van der Waals surface area contributed by atoms with Crippen LogP contribution in [0.3, 0.4) is 0 Å². The molecular formula is C29H36N4O3. The minimum atomic E-state index is -0.0426. The van der Waals surface area contributed by atoms with Gasteiger partial charge in [-0.3, -0.25) is 4.79 Å². The number of piperazine rings is 1. The van der Waals surface area contributed by atoms with Crippen molar-refractivity contribution >= 4 is 11.9 Å². The Hall–Kier alpha value is -3.74. The van der Waals surface area contributed by atoms with Crippen LogP contribution in [0.15, 0.2) is 54.6 Å². The van der Waals surface area contributed by atoms with Crippen LogP contribution in [-0.4, -0.2) is 66.1 Å². The summed E-state index contributed by atoms with van der Waals surface area (Å²) < 4.78 is 7.48. The molecule has 4 rings (SSSR count). The molecule has 0 aliphatic carbocycles. The summed E-state index contributed by atoms with van der Waals surface area (Å²) >= 11 is 0. The van der Waals surface area contributed by atoms with E-state index >= 15 is 0 Å². The molecule has 36 heavy (non-hydrogen) atoms. The smallest absolute Gasteiger partial charge is 0.317 e. The lowest BCUT2D eigenvalue weighted by Gasteiger charge is -2.34. The molecule has 1 N–H and O–H groups in total. The van der Waals surface area contributed by atoms with Crippen molar-refractivity contribution in [3.8, 4) is 22.7 Å². The van der Waals surface area contributed by atoms with E-state index in [1.54, 1.807) is 12.0 Å². The first-order chi connectivity index (χ1) is 17.4. The summed E-state index contributed by atoms with van der Waals surface area (Å²) in [5.74, 6) is 0.788. The Balaban J connectivity index is 1.59. The maximum atomic E-state index is 13.7. The highest BCUT2D eigenvalue weighted by atomic mass is 16.5. The first-order valence-electron chi connectivity index (χ1n) is 12.7. The van der Waals surface area contributed by atoms with Crippen molar-refractivity contribution in [2.75, 3.05) is 39.8 Å². The first-order valence-corrected chi connectivity index (χ1v) is 12.7. The first kappa shape index (κ1) is 25.4. The van der Waals surface area contributed by atoms with E-state index in [9.17, 15) is 9.59 Å². The van der Waals surface area contributed by atoms with E-state index in [1.807, 2.05) is 42.2 Å². The number of methoxy groups -OCH3 is 1. The molecule has 7 heteroatoms. The number of benzene rings is 2. The van der Waals surface area contributed by atoms with Crippen LogP contribution in [-0.2, 0) is 0 Å². The molecular weight excluding hydrogens is 452 g/mol. The second kappa shape index (κ2) is 11.3. The predicted octanol–water partition coefficient (Wildman–Crippen LogP) is 5.04. The number of nitrogens with one attached hydrogen (secondary N) is 1. The summed E-state index contributed by atoms with van der Waals surface area (Å²) in [5, 5.41) is 2.97. The second-order valence-corrected chi connectivity index (χ2v) is 9.29. The Labute approximate surface area is 213 Å². The SMILES string of the molecule is CCCCNC(=O)N1CCN(C(=O)c2cc(-c3ccc(OC)cc3)n(-c3ccc(C)cc3)c2C)CC1. The van der Waals surface area contributed by atoms with E-state index in [2.05, 4.69) is 48.0 Å². The molecule has 3 amide bonds. The van der Waals surface area contributed by atoms with Crippen molar-refractivity contribution in [3.05, 3.63) is 71.4 Å². The molecule has 1 fully saturated rings. The molecule has 0 saturated carbocycles. The van der Waals surface area contributed by atoms with Crippen molar-refractivity contribution in [2.24, 2.45) is 0 Å². The number of urea groups is 1. The van der Waals surface area contributed by atoms with Crippen LogP contribution in [0, 0.1) is 13.8 Å². The summed E-state index contributed by atoms with van der Waals surface area (Å²) in [6.07, 6.45) is 2.01. The van der Waals surface area contributed by atoms with Crippen LogP contribution >= 0.6 is 0 Å². The van der Waals surface area contributed by atoms with Gasteiger partial charge in [-0.25, -0.2) is 4.79 Å². The number of amides is 3. The van der Waals surface area contributed by atoms with E-state index in [0.717, 1.165) is 41.2 Å². The van der Waals surface area contributed by atoms with Gasteiger partial charge in [0, 0.05) is 44.1 Å². The molecule has 190 valence electrons. The van der Waals surface area contributed by atoms with E-state index < -0.39 is 0 Å². The number of aryl methyl sites for hydroxylation is 1. The van der Waals surface area contributed by atoms with Crippen molar-refractivity contribution in [1.29, 1.82) is 0 Å². The fraction of sp³-hybridized carbons (Fsp3) is 0.379. The molecule has 1 aromatic heterocycles. The number of carbonyl (C=O) groups excluding carboxylic acids is 2. The molecule has 2 aromatic carbocycles. The largest absolute Gasteiger partial charge is 0.497 e. The van der Waals surface area contributed by atoms with E-state index in [0.29, 0.717) is 38.3 Å². The third kappa shape index (κ3) is 5.40. The molecule has 0 atom stereocenters. The van der Waals surface area contributed by atoms with Gasteiger partial charge in [-0.1, -0.05) is 31.0 Å². The zero-order valence-corrected chi connectivity index (χ0v) is 21.7. The molecule has 0 spiro atoms. The van der Waals surface area contributed by atoms with Gasteiger partial charge >= 0.3 is 6.03 Å². The normalized spacial score (nSPS) is 13.6. The number of nitrogens with zero attached hydrogens (tertiary/aromatic N) is 3. The molecule has 1 aliphatic rings. The van der Waals surface area contributed by atoms with Gasteiger partial charge in [0.15, 0.2) is 0 Å². The summed E-state index contributed by atoms with van der Waals surface area (Å²) in [6.45, 7) is 8.96. The number of aromatic nitrogens is 1. The fourth-order valence-corrected chi connectivity index (χ4v) is 4.59. The molecule has 1 aliphatic heterocycles. The van der Waals surface area contributed by atoms with Crippen LogP contribution < -0.4 is 10.1 Å². The van der Waals surface area contributed by atoms with Gasteiger partial charge in [-0.2, -0.15) is 0 Å². The fourth-order valence-electron chi connectivity index (χ4n) is 4.59. The Morgan fingerprint density at radius 3 is 2.17 bits per heavy atom. The maximum absolute atomic E-state index is 13.7. The van der Waals surface area contributed by atoms with E-state index in [1.165, 1.54) is 5.56 Å². The highest BCUT2D eigenvalue weighted by molar-refractivity contribution is 5.97. The van der Waals surface area contributed by atoms with Crippen LogP contribution in [0.4, 0.5) is 4.79 Å². The van der Waals surface area contributed by atoms with Crippen molar-refractivity contribution in [2.45, 2.75) is 33.6 Å². The minimum Gasteiger partial charge on any atom is -0.497 e. The lowest BCUT2D eigenvalue weighted by Crippen LogP contribution is -2.53. The van der Waals surface area contributed by atoms with Crippen LogP contribution in [0.5, 0.6) is 5.75 Å². The summed E-state index contributed by atoms with van der Waals surface area (Å²) in [7, 11) is 1.65. The van der Waals surface area contributed by atoms with Crippen molar-refractivity contribution < 1.29 is 14.3 Å². The average Bonchev–Trinajstić information content (AvgIpc) is 3.25. The number of ether oxygens (including phenoxy) is 1. The van der Waals surface area contributed by atoms with E-state index in [-0.39, 0.29) is 11.9 Å². The van der Waals surface area contributed by atoms with Gasteiger partial charge in [0.05, 0.1) is 18.4 Å². The third-order valence-electron chi connectivity index (χ3n) is 6.82. The lowest BCUT2D eigenvalue weighted by molar-refractivity contribution is 0.0664. The summed E-state index contributed by atoms with van der Waals surface area (Å²) in [4.78, 5) is 29.7. The van der Waals surface area contributed by atoms with Gasteiger partial charge in [-0.15, -0.1) is 0 Å². The minimum absolute atomic E-state index is 0.000774. The number of hydrogen-bond donors (Lipinski definition) is 1. The standard InChI is InChI=1S/C29H36N4O3/c1-5-6-15-30-29(35)32-18-16-31(17-19-32)28(34)26-20-27(23-9-13-25(36-4)14-10-23)33(22(26)3)24-11-7-21(2)8-12-24/h7-14,20H,5-6,15-19H2,1-4H3,(H,30,35). The van der Waals surface area contributed by atoms with Crippen LogP contribution in [0.2, 0.25) is 0 Å². The quantitative estimate of drug-likeness (QED) is 0.474. The number of unbranched alkanes of at least 4 members (excludes halogenated alkanes) is 1. The zero-order chi connectivity index (χ0) is 25.7. The molecule has 0 bridgehead atoms. The van der Waals surface area contributed by atoms with Gasteiger partial charge in [0.2, 0.25) is 0 Å². The van der Waals surface area contributed by atoms with Crippen molar-refractivity contribution in [1.82, 2.24) is 19.7 Å². The molecule has 2 heterocycles. The molecule has 0 unspecified atom stereocenters. The van der Waals surface area contributed by atoms with Gasteiger partial charge < -0.3 is 24.4 Å². The third-order valence-corrected chi connectivity index (χ3v) is 6.82. The highest BCUT2D eigenvalue weighted by Gasteiger charge is 2.28. The second-order valence-electron chi connectivity index (χ2n) is 9.29. The van der Waals surface area contributed by atoms with Crippen LogP contribution in [0.1, 0.15) is 41.4 Å². The Bertz CT molecular complexity index is 1190. The van der Waals surface area contributed by atoms with Gasteiger partial charge in [0.25, 0.3) is 5.91 Å². The number of carbonyl (C=O) groups is 2. The topological polar surface area (TPSA) is 66.8 Å². The number of hydrogen-bond acceptors (Lipinski definition) is 3. The Morgan fingerprint density at radius 2 is 1.56 bits per heavy atom. The maximum Gasteiger partial charge on any atom is 0.317 e. The van der Waals surface area contributed by atoms with Gasteiger partial charge in [-0.05, 0) is 68.3 Å². The van der Waals surface area contributed by atoms with Crippen LogP contribution in [0.25, 0.3) is 16.9 Å². The monoisotopic (exact) mass is 488 g/mol. The zero-order valence-electron chi connectivity index (χ0n) is 21.7. The highest BCUT2D eigenvalue weighted by Crippen LogP contribution is 2.31. The predicted molar refractivity (Wildman–Crippen MR) is 143 cm³/mol. The molecule has 0 radical (unpaired) electrons. The lowest BCUT2D eigenvalue weighted by atomic mass is 10.1. The summed E-state index contributed by atoms with van der Waals surface area (Å²) in [6, 6.07) is 18.2. The molecule has 3 aromatic rings. The molecule has 7 nitrogen and oxygen atoms in total. The van der Waals surface area contributed by atoms with E-state index in [4.69, 9.17) is 4.74 Å². The Morgan fingerprint density at radius 1 is 0.917 bits per heavy atom. The average molecular weight is 489 g/mol. The van der Waals surface area contributed by atoms with Gasteiger partial charge in [0.1, 0.15) is 5.75 Å². The summed E-state index contributed by atoms with van der Waals surface area (Å²) in [5.41, 5.74) is 5.74. The van der Waals surface area contributed by atoms with Crippen molar-refractivity contribution in [3.63, 3.8) is 0 Å². The molecule has 1 saturated heterocycles. The number of rotatable bonds is 7. The Kier molecular flexibility index (Phi) is 7.98.